The molecule has 1 aromatic rings. The summed E-state index contributed by atoms with van der Waals surface area (Å²) in [5.74, 6) is 1.44. The molecule has 2 aliphatic carbocycles. The van der Waals surface area contributed by atoms with Gasteiger partial charge in [-0.2, -0.15) is 0 Å². The maximum absolute atomic E-state index is 12.2. The molecule has 1 aromatic carbocycles. The quantitative estimate of drug-likeness (QED) is 0.921. The van der Waals surface area contributed by atoms with Gasteiger partial charge in [0.25, 0.3) is 0 Å². The molecule has 3 nitrogen and oxygen atoms in total. The van der Waals surface area contributed by atoms with E-state index in [1.54, 1.807) is 0 Å². The maximum Gasteiger partial charge on any atom is 0.216 e. The fraction of sp³-hybridized carbons (Fsp3) is 0.600. The topological polar surface area (TPSA) is 46.2 Å². The predicted molar refractivity (Wildman–Crippen MR) is 76.2 cm³/mol. The number of fused-ring (bicyclic) bond motifs is 2. The Hall–Kier alpha value is -0.870. The van der Waals surface area contributed by atoms with Crippen LogP contribution in [0, 0.1) is 18.8 Å². The minimum atomic E-state index is -3.20. The first-order valence-corrected chi connectivity index (χ1v) is 8.72. The summed E-state index contributed by atoms with van der Waals surface area (Å²) in [6, 6.07) is 7.91. The van der Waals surface area contributed by atoms with Crippen molar-refractivity contribution < 1.29 is 8.42 Å². The van der Waals surface area contributed by atoms with E-state index in [0.717, 1.165) is 23.5 Å². The number of benzene rings is 1. The zero-order chi connectivity index (χ0) is 13.5. The predicted octanol–water partition coefficient (Wildman–Crippen LogP) is 2.60. The molecule has 4 heteroatoms. The molecule has 2 saturated carbocycles. The summed E-state index contributed by atoms with van der Waals surface area (Å²) >= 11 is 0. The van der Waals surface area contributed by atoms with Crippen molar-refractivity contribution in [1.82, 2.24) is 4.72 Å². The van der Waals surface area contributed by atoms with Gasteiger partial charge in [0.05, 0.1) is 5.75 Å². The van der Waals surface area contributed by atoms with E-state index >= 15 is 0 Å². The molecular weight excluding hydrogens is 258 g/mol. The molecule has 0 aliphatic heterocycles. The lowest BCUT2D eigenvalue weighted by atomic mass is 9.96. The second-order valence-electron chi connectivity index (χ2n) is 6.14. The van der Waals surface area contributed by atoms with Gasteiger partial charge in [0.1, 0.15) is 0 Å². The van der Waals surface area contributed by atoms with Crippen LogP contribution in [0.5, 0.6) is 0 Å². The lowest BCUT2D eigenvalue weighted by Gasteiger charge is -2.22. The zero-order valence-corrected chi connectivity index (χ0v) is 12.1. The van der Waals surface area contributed by atoms with Gasteiger partial charge in [-0.25, -0.2) is 13.1 Å². The summed E-state index contributed by atoms with van der Waals surface area (Å²) < 4.78 is 27.3. The Morgan fingerprint density at radius 1 is 1.16 bits per heavy atom. The molecule has 0 saturated heterocycles. The van der Waals surface area contributed by atoms with Crippen LogP contribution < -0.4 is 4.72 Å². The molecule has 2 fully saturated rings. The van der Waals surface area contributed by atoms with E-state index in [1.165, 1.54) is 19.3 Å². The van der Waals surface area contributed by atoms with Crippen molar-refractivity contribution >= 4 is 10.0 Å². The van der Waals surface area contributed by atoms with Crippen LogP contribution in [0.2, 0.25) is 0 Å². The Morgan fingerprint density at radius 3 is 2.47 bits per heavy atom. The third-order valence-electron chi connectivity index (χ3n) is 4.55. The van der Waals surface area contributed by atoms with Gasteiger partial charge in [-0.1, -0.05) is 36.2 Å². The second kappa shape index (κ2) is 4.91. The van der Waals surface area contributed by atoms with Crippen molar-refractivity contribution in [3.63, 3.8) is 0 Å². The minimum Gasteiger partial charge on any atom is -0.212 e. The third-order valence-corrected chi connectivity index (χ3v) is 5.92. The van der Waals surface area contributed by atoms with Gasteiger partial charge in [0.15, 0.2) is 0 Å². The Bertz CT molecular complexity index is 550. The summed E-state index contributed by atoms with van der Waals surface area (Å²) in [6.45, 7) is 2.01. The number of sulfonamides is 1. The summed E-state index contributed by atoms with van der Waals surface area (Å²) in [6.07, 6.45) is 4.75. The van der Waals surface area contributed by atoms with Crippen LogP contribution >= 0.6 is 0 Å². The van der Waals surface area contributed by atoms with Crippen LogP contribution in [0.15, 0.2) is 24.3 Å². The highest BCUT2D eigenvalue weighted by atomic mass is 32.2. The number of hydrogen-bond donors (Lipinski definition) is 1. The Morgan fingerprint density at radius 2 is 1.89 bits per heavy atom. The summed E-state index contributed by atoms with van der Waals surface area (Å²) in [5.41, 5.74) is 2.02. The first kappa shape index (κ1) is 13.1. The van der Waals surface area contributed by atoms with Crippen molar-refractivity contribution in [2.24, 2.45) is 11.8 Å². The van der Waals surface area contributed by atoms with E-state index in [-0.39, 0.29) is 11.8 Å². The molecule has 3 rings (SSSR count). The highest BCUT2D eigenvalue weighted by Gasteiger charge is 2.40. The average Bonchev–Trinajstić information content (AvgIpc) is 2.93. The van der Waals surface area contributed by atoms with Gasteiger partial charge in [0, 0.05) is 6.04 Å². The smallest absolute Gasteiger partial charge is 0.212 e. The van der Waals surface area contributed by atoms with Crippen LogP contribution in [0.1, 0.15) is 36.8 Å². The molecule has 104 valence electrons. The van der Waals surface area contributed by atoms with Gasteiger partial charge in [-0.05, 0) is 43.6 Å². The van der Waals surface area contributed by atoms with Gasteiger partial charge in [-0.15, -0.1) is 0 Å². The van der Waals surface area contributed by atoms with Crippen molar-refractivity contribution in [2.45, 2.75) is 44.4 Å². The van der Waals surface area contributed by atoms with Crippen molar-refractivity contribution in [3.05, 3.63) is 35.4 Å². The van der Waals surface area contributed by atoms with Crippen LogP contribution in [-0.2, 0) is 15.8 Å². The molecule has 2 bridgehead atoms. The molecule has 0 radical (unpaired) electrons. The van der Waals surface area contributed by atoms with Crippen molar-refractivity contribution in [3.8, 4) is 0 Å². The standard InChI is InChI=1S/C15H21NO2S/c1-11-2-4-12(5-3-11)10-19(17,18)16-15-9-13-6-7-14(15)8-13/h2-5,13-16H,6-10H2,1H3/t13-,14-,15-/m1/s1. The molecule has 0 amide bonds. The van der Waals surface area contributed by atoms with Gasteiger partial charge >= 0.3 is 0 Å². The largest absolute Gasteiger partial charge is 0.216 e. The van der Waals surface area contributed by atoms with E-state index < -0.39 is 10.0 Å². The number of aryl methyl sites for hydroxylation is 1. The zero-order valence-electron chi connectivity index (χ0n) is 11.3. The number of rotatable bonds is 4. The molecule has 2 aliphatic rings. The second-order valence-corrected chi connectivity index (χ2v) is 7.90. The lowest BCUT2D eigenvalue weighted by Crippen LogP contribution is -2.39. The van der Waals surface area contributed by atoms with Crippen LogP contribution in [0.4, 0.5) is 0 Å². The fourth-order valence-corrected chi connectivity index (χ4v) is 5.03. The normalized spacial score (nSPS) is 29.8. The monoisotopic (exact) mass is 279 g/mol. The molecule has 0 heterocycles. The van der Waals surface area contributed by atoms with Gasteiger partial charge in [-0.3, -0.25) is 0 Å². The SMILES string of the molecule is Cc1ccc(CS(=O)(=O)N[C@@H]2C[C@@H]3CC[C@@H]2C3)cc1. The lowest BCUT2D eigenvalue weighted by molar-refractivity contribution is 0.390. The van der Waals surface area contributed by atoms with E-state index in [9.17, 15) is 8.42 Å². The number of hydrogen-bond acceptors (Lipinski definition) is 2. The van der Waals surface area contributed by atoms with Crippen LogP contribution in [0.3, 0.4) is 0 Å². The number of nitrogens with one attached hydrogen (secondary N) is 1. The maximum atomic E-state index is 12.2. The highest BCUT2D eigenvalue weighted by Crippen LogP contribution is 2.44. The highest BCUT2D eigenvalue weighted by molar-refractivity contribution is 7.88. The van der Waals surface area contributed by atoms with Gasteiger partial charge in [0.2, 0.25) is 10.0 Å². The fourth-order valence-electron chi connectivity index (χ4n) is 3.57. The minimum absolute atomic E-state index is 0.0984. The van der Waals surface area contributed by atoms with E-state index in [0.29, 0.717) is 5.92 Å². The molecular formula is C15H21NO2S. The van der Waals surface area contributed by atoms with Gasteiger partial charge < -0.3 is 0 Å². The third kappa shape index (κ3) is 3.00. The van der Waals surface area contributed by atoms with Crippen molar-refractivity contribution in [2.75, 3.05) is 0 Å². The molecule has 1 N–H and O–H groups in total. The summed E-state index contributed by atoms with van der Waals surface area (Å²) in [5, 5.41) is 0. The molecule has 0 unspecified atom stereocenters. The van der Waals surface area contributed by atoms with E-state index in [1.807, 2.05) is 31.2 Å². The van der Waals surface area contributed by atoms with E-state index in [2.05, 4.69) is 4.72 Å². The molecule has 0 aromatic heterocycles. The molecule has 19 heavy (non-hydrogen) atoms. The Kier molecular flexibility index (Phi) is 3.39. The first-order valence-electron chi connectivity index (χ1n) is 7.07. The summed E-state index contributed by atoms with van der Waals surface area (Å²) in [7, 11) is -3.20. The van der Waals surface area contributed by atoms with E-state index in [4.69, 9.17) is 0 Å². The van der Waals surface area contributed by atoms with Crippen molar-refractivity contribution in [1.29, 1.82) is 0 Å². The first-order chi connectivity index (χ1) is 9.02. The molecule has 0 spiro atoms. The average molecular weight is 279 g/mol. The summed E-state index contributed by atoms with van der Waals surface area (Å²) in [4.78, 5) is 0. The van der Waals surface area contributed by atoms with Crippen LogP contribution in [-0.4, -0.2) is 14.5 Å². The van der Waals surface area contributed by atoms with Crippen LogP contribution in [0.25, 0.3) is 0 Å². The molecule has 3 atom stereocenters. The Labute approximate surface area is 115 Å². The Balaban J connectivity index is 1.64.